The molecule has 1 unspecified atom stereocenters. The van der Waals surface area contributed by atoms with E-state index in [-0.39, 0.29) is 5.75 Å². The number of hydrogen-bond acceptors (Lipinski definition) is 3. The highest BCUT2D eigenvalue weighted by atomic mass is 35.5. The van der Waals surface area contributed by atoms with Crippen LogP contribution in [0, 0.1) is 0 Å². The number of nitrogens with zero attached hydrogens (tertiary/aromatic N) is 1. The monoisotopic (exact) mass is 302 g/mol. The average Bonchev–Trinajstić information content (AvgIpc) is 2.82. The highest BCUT2D eigenvalue weighted by Gasteiger charge is 2.22. The molecule has 1 aliphatic rings. The van der Waals surface area contributed by atoms with E-state index >= 15 is 0 Å². The fourth-order valence-electron chi connectivity index (χ4n) is 2.67. The van der Waals surface area contributed by atoms with Crippen LogP contribution >= 0.6 is 23.2 Å². The number of aromatic hydroxyl groups is 1. The fourth-order valence-corrected chi connectivity index (χ4v) is 3.21. The van der Waals surface area contributed by atoms with Crippen LogP contribution in [0.4, 0.5) is 0 Å². The van der Waals surface area contributed by atoms with Crippen molar-refractivity contribution in [3.8, 4) is 5.75 Å². The van der Waals surface area contributed by atoms with Gasteiger partial charge in [0.2, 0.25) is 0 Å². The second kappa shape index (κ2) is 6.80. The molecule has 2 N–H and O–H groups in total. The lowest BCUT2D eigenvalue weighted by molar-refractivity contribution is 0.259. The van der Waals surface area contributed by atoms with E-state index in [9.17, 15) is 5.11 Å². The molecule has 0 spiro atoms. The molecular weight excluding hydrogens is 283 g/mol. The van der Waals surface area contributed by atoms with E-state index in [0.29, 0.717) is 22.6 Å². The molecular formula is C14H20Cl2N2O. The molecule has 19 heavy (non-hydrogen) atoms. The van der Waals surface area contributed by atoms with Crippen LogP contribution in [0.5, 0.6) is 5.75 Å². The van der Waals surface area contributed by atoms with Crippen molar-refractivity contribution in [1.29, 1.82) is 0 Å². The molecule has 3 nitrogen and oxygen atoms in total. The van der Waals surface area contributed by atoms with Crippen LogP contribution < -0.4 is 5.32 Å². The average molecular weight is 303 g/mol. The van der Waals surface area contributed by atoms with Crippen molar-refractivity contribution in [2.45, 2.75) is 32.4 Å². The summed E-state index contributed by atoms with van der Waals surface area (Å²) in [6.07, 6.45) is 2.51. The zero-order valence-electron chi connectivity index (χ0n) is 11.1. The van der Waals surface area contributed by atoms with Crippen molar-refractivity contribution in [1.82, 2.24) is 10.2 Å². The molecule has 1 aliphatic heterocycles. The van der Waals surface area contributed by atoms with Gasteiger partial charge >= 0.3 is 0 Å². The molecule has 106 valence electrons. The van der Waals surface area contributed by atoms with Gasteiger partial charge < -0.3 is 10.4 Å². The highest BCUT2D eigenvalue weighted by molar-refractivity contribution is 6.35. The minimum absolute atomic E-state index is 0.123. The van der Waals surface area contributed by atoms with Gasteiger partial charge in [-0.25, -0.2) is 0 Å². The Labute approximate surface area is 124 Å². The maximum atomic E-state index is 9.87. The van der Waals surface area contributed by atoms with Gasteiger partial charge in [0, 0.05) is 29.7 Å². The molecule has 1 atom stereocenters. The largest absolute Gasteiger partial charge is 0.506 e. The second-order valence-corrected chi connectivity index (χ2v) is 5.79. The number of likely N-dealkylation sites (tertiary alicyclic amines) is 1. The van der Waals surface area contributed by atoms with Crippen LogP contribution in [0.25, 0.3) is 0 Å². The highest BCUT2D eigenvalue weighted by Crippen LogP contribution is 2.31. The minimum Gasteiger partial charge on any atom is -0.506 e. The molecule has 0 aromatic heterocycles. The third-order valence-corrected chi connectivity index (χ3v) is 4.21. The van der Waals surface area contributed by atoms with Crippen molar-refractivity contribution >= 4 is 23.2 Å². The maximum absolute atomic E-state index is 9.87. The number of rotatable bonds is 5. The van der Waals surface area contributed by atoms with Gasteiger partial charge in [0.05, 0.1) is 5.02 Å². The molecule has 0 amide bonds. The Bertz CT molecular complexity index is 440. The molecule has 1 saturated heterocycles. The van der Waals surface area contributed by atoms with Gasteiger partial charge in [-0.1, -0.05) is 30.1 Å². The first-order chi connectivity index (χ1) is 9.11. The van der Waals surface area contributed by atoms with Gasteiger partial charge in [0.25, 0.3) is 0 Å². The minimum atomic E-state index is 0.123. The first-order valence-electron chi connectivity index (χ1n) is 6.73. The first-order valence-corrected chi connectivity index (χ1v) is 7.49. The summed E-state index contributed by atoms with van der Waals surface area (Å²) >= 11 is 11.8. The Morgan fingerprint density at radius 2 is 2.21 bits per heavy atom. The van der Waals surface area contributed by atoms with Crippen LogP contribution in [0.2, 0.25) is 10.0 Å². The number of halogens is 2. The van der Waals surface area contributed by atoms with E-state index in [2.05, 4.69) is 17.1 Å². The van der Waals surface area contributed by atoms with Gasteiger partial charge in [-0.05, 0) is 38.1 Å². The topological polar surface area (TPSA) is 35.5 Å². The zero-order valence-corrected chi connectivity index (χ0v) is 12.6. The Hall–Kier alpha value is -0.480. The molecule has 0 aliphatic carbocycles. The Morgan fingerprint density at radius 1 is 1.42 bits per heavy atom. The van der Waals surface area contributed by atoms with E-state index in [1.54, 1.807) is 12.1 Å². The van der Waals surface area contributed by atoms with E-state index < -0.39 is 0 Å². The molecule has 2 rings (SSSR count). The number of likely N-dealkylation sites (N-methyl/N-ethyl adjacent to an activating group) is 1. The van der Waals surface area contributed by atoms with E-state index in [1.165, 1.54) is 19.4 Å². The zero-order chi connectivity index (χ0) is 13.8. The smallest absolute Gasteiger partial charge is 0.138 e. The SMILES string of the molecule is CCN1CCCC1CNCc1cc(Cl)cc(Cl)c1O. The van der Waals surface area contributed by atoms with Gasteiger partial charge in [0.1, 0.15) is 5.75 Å². The normalized spacial score (nSPS) is 20.1. The van der Waals surface area contributed by atoms with Crippen molar-refractivity contribution in [2.24, 2.45) is 0 Å². The molecule has 0 radical (unpaired) electrons. The molecule has 1 aromatic carbocycles. The Balaban J connectivity index is 1.89. The van der Waals surface area contributed by atoms with Gasteiger partial charge in [-0.15, -0.1) is 0 Å². The molecule has 5 heteroatoms. The summed E-state index contributed by atoms with van der Waals surface area (Å²) in [5, 5.41) is 14.1. The standard InChI is InChI=1S/C14H20Cl2N2O/c1-2-18-5-3-4-12(18)9-17-8-10-6-11(15)7-13(16)14(10)19/h6-7,12,17,19H,2-5,8-9H2,1H3. The Kier molecular flexibility index (Phi) is 5.34. The second-order valence-electron chi connectivity index (χ2n) is 4.95. The lowest BCUT2D eigenvalue weighted by Gasteiger charge is -2.23. The van der Waals surface area contributed by atoms with E-state index in [1.807, 2.05) is 0 Å². The lowest BCUT2D eigenvalue weighted by Crippen LogP contribution is -2.37. The van der Waals surface area contributed by atoms with E-state index in [4.69, 9.17) is 23.2 Å². The summed E-state index contributed by atoms with van der Waals surface area (Å²) in [7, 11) is 0. The van der Waals surface area contributed by atoms with Crippen molar-refractivity contribution in [3.05, 3.63) is 27.7 Å². The molecule has 1 heterocycles. The van der Waals surface area contributed by atoms with Gasteiger partial charge in [-0.2, -0.15) is 0 Å². The third-order valence-electron chi connectivity index (χ3n) is 3.71. The van der Waals surface area contributed by atoms with Gasteiger partial charge in [-0.3, -0.25) is 4.90 Å². The quantitative estimate of drug-likeness (QED) is 0.876. The summed E-state index contributed by atoms with van der Waals surface area (Å²) in [4.78, 5) is 2.48. The maximum Gasteiger partial charge on any atom is 0.138 e. The fraction of sp³-hybridized carbons (Fsp3) is 0.571. The van der Waals surface area contributed by atoms with Gasteiger partial charge in [0.15, 0.2) is 0 Å². The summed E-state index contributed by atoms with van der Waals surface area (Å²) in [6.45, 7) is 6.00. The number of nitrogens with one attached hydrogen (secondary N) is 1. The number of phenolic OH excluding ortho intramolecular Hbond substituents is 1. The van der Waals surface area contributed by atoms with Crippen molar-refractivity contribution in [2.75, 3.05) is 19.6 Å². The summed E-state index contributed by atoms with van der Waals surface area (Å²) in [5.74, 6) is 0.123. The van der Waals surface area contributed by atoms with Crippen molar-refractivity contribution in [3.63, 3.8) is 0 Å². The van der Waals surface area contributed by atoms with Crippen LogP contribution in [0.1, 0.15) is 25.3 Å². The van der Waals surface area contributed by atoms with Crippen LogP contribution in [0.15, 0.2) is 12.1 Å². The van der Waals surface area contributed by atoms with Crippen LogP contribution in [-0.2, 0) is 6.54 Å². The third kappa shape index (κ3) is 3.76. The number of benzene rings is 1. The molecule has 0 saturated carbocycles. The van der Waals surface area contributed by atoms with E-state index in [0.717, 1.165) is 18.7 Å². The molecule has 1 aromatic rings. The van der Waals surface area contributed by atoms with Crippen molar-refractivity contribution < 1.29 is 5.11 Å². The predicted molar refractivity (Wildman–Crippen MR) is 80.1 cm³/mol. The lowest BCUT2D eigenvalue weighted by atomic mass is 10.2. The van der Waals surface area contributed by atoms with Crippen LogP contribution in [-0.4, -0.2) is 35.7 Å². The summed E-state index contributed by atoms with van der Waals surface area (Å²) in [6, 6.07) is 3.90. The van der Waals surface area contributed by atoms with Crippen LogP contribution in [0.3, 0.4) is 0 Å². The molecule has 1 fully saturated rings. The predicted octanol–water partition coefficient (Wildman–Crippen LogP) is 3.27. The summed E-state index contributed by atoms with van der Waals surface area (Å²) in [5.41, 5.74) is 0.749. The number of phenols is 1. The Morgan fingerprint density at radius 3 is 2.95 bits per heavy atom. The molecule has 0 bridgehead atoms. The number of hydrogen-bond donors (Lipinski definition) is 2. The first kappa shape index (κ1) is 14.9. The summed E-state index contributed by atoms with van der Waals surface area (Å²) < 4.78 is 0.